The predicted molar refractivity (Wildman–Crippen MR) is 48.0 cm³/mol. The van der Waals surface area contributed by atoms with Crippen molar-refractivity contribution < 1.29 is 0 Å². The first kappa shape index (κ1) is 11.5. The Kier molecular flexibility index (Phi) is 18.0. The largest absolute Gasteiger partial charge is 0.264 e. The molecule has 0 spiro atoms. The van der Waals surface area contributed by atoms with E-state index in [0.717, 1.165) is 0 Å². The van der Waals surface area contributed by atoms with Gasteiger partial charge in [-0.05, 0) is 0 Å². The van der Waals surface area contributed by atoms with Gasteiger partial charge >= 0.3 is 0 Å². The first-order valence-electron chi connectivity index (χ1n) is 3.17. The summed E-state index contributed by atoms with van der Waals surface area (Å²) in [5.41, 5.74) is 0. The Balaban J connectivity index is 0. The SMILES string of the molecule is C#C/C=C\N=CC=C.CC. The van der Waals surface area contributed by atoms with E-state index in [1.807, 2.05) is 13.8 Å². The molecule has 0 rings (SSSR count). The van der Waals surface area contributed by atoms with Gasteiger partial charge in [0.15, 0.2) is 0 Å². The van der Waals surface area contributed by atoms with E-state index in [1.54, 1.807) is 12.3 Å². The number of rotatable bonds is 2. The summed E-state index contributed by atoms with van der Waals surface area (Å²) < 4.78 is 0. The van der Waals surface area contributed by atoms with E-state index in [4.69, 9.17) is 6.42 Å². The van der Waals surface area contributed by atoms with Gasteiger partial charge in [0.2, 0.25) is 0 Å². The van der Waals surface area contributed by atoms with Crippen LogP contribution in [0.3, 0.4) is 0 Å². The monoisotopic (exact) mass is 135 g/mol. The Morgan fingerprint density at radius 1 is 1.50 bits per heavy atom. The third-order valence-corrected chi connectivity index (χ3v) is 0.448. The maximum Gasteiger partial charge on any atom is 0.0351 e. The molecule has 0 amide bonds. The summed E-state index contributed by atoms with van der Waals surface area (Å²) in [4.78, 5) is 3.71. The van der Waals surface area contributed by atoms with Crippen molar-refractivity contribution in [2.75, 3.05) is 0 Å². The fraction of sp³-hybridized carbons (Fsp3) is 0.222. The summed E-state index contributed by atoms with van der Waals surface area (Å²) >= 11 is 0. The number of allylic oxidation sites excluding steroid dienone is 2. The molecule has 0 N–H and O–H groups in total. The van der Waals surface area contributed by atoms with Crippen LogP contribution in [0.2, 0.25) is 0 Å². The highest BCUT2D eigenvalue weighted by Crippen LogP contribution is 1.69. The number of aliphatic imine (C=N–C) groups is 1. The molecule has 0 heterocycles. The number of terminal acetylenes is 1. The molecule has 54 valence electrons. The van der Waals surface area contributed by atoms with E-state index in [9.17, 15) is 0 Å². The molecule has 0 aromatic carbocycles. The van der Waals surface area contributed by atoms with E-state index in [0.29, 0.717) is 0 Å². The maximum atomic E-state index is 4.87. The summed E-state index contributed by atoms with van der Waals surface area (Å²) in [7, 11) is 0. The van der Waals surface area contributed by atoms with Gasteiger partial charge in [0.25, 0.3) is 0 Å². The fourth-order valence-corrected chi connectivity index (χ4v) is 0.197. The van der Waals surface area contributed by atoms with Gasteiger partial charge in [-0.3, -0.25) is 4.99 Å². The van der Waals surface area contributed by atoms with Gasteiger partial charge in [-0.2, -0.15) is 0 Å². The summed E-state index contributed by atoms with van der Waals surface area (Å²) in [6, 6.07) is 0. The lowest BCUT2D eigenvalue weighted by atomic mass is 10.6. The summed E-state index contributed by atoms with van der Waals surface area (Å²) in [6.07, 6.45) is 11.1. The van der Waals surface area contributed by atoms with Crippen LogP contribution >= 0.6 is 0 Å². The Labute approximate surface area is 63.2 Å². The zero-order valence-electron chi connectivity index (χ0n) is 6.54. The topological polar surface area (TPSA) is 12.4 Å². The highest BCUT2D eigenvalue weighted by Gasteiger charge is 1.54. The Morgan fingerprint density at radius 3 is 2.50 bits per heavy atom. The van der Waals surface area contributed by atoms with Crippen molar-refractivity contribution in [3.8, 4) is 12.3 Å². The molecular formula is C9H13N. The average Bonchev–Trinajstić information content (AvgIpc) is 2.02. The molecule has 0 radical (unpaired) electrons. The van der Waals surface area contributed by atoms with Crippen molar-refractivity contribution in [1.29, 1.82) is 0 Å². The lowest BCUT2D eigenvalue weighted by molar-refractivity contribution is 1.50. The molecule has 0 unspecified atom stereocenters. The zero-order chi connectivity index (χ0) is 8.24. The van der Waals surface area contributed by atoms with Crippen LogP contribution in [0.4, 0.5) is 0 Å². The van der Waals surface area contributed by atoms with Crippen LogP contribution in [0, 0.1) is 12.3 Å². The molecule has 0 saturated heterocycles. The second-order valence-electron chi connectivity index (χ2n) is 1.02. The Bertz CT molecular complexity index is 147. The van der Waals surface area contributed by atoms with Crippen molar-refractivity contribution in [3.05, 3.63) is 24.9 Å². The van der Waals surface area contributed by atoms with Crippen LogP contribution < -0.4 is 0 Å². The normalized spacial score (nSPS) is 8.50. The van der Waals surface area contributed by atoms with Crippen molar-refractivity contribution in [1.82, 2.24) is 0 Å². The molecule has 0 aliphatic rings. The molecule has 10 heavy (non-hydrogen) atoms. The molecule has 0 saturated carbocycles. The van der Waals surface area contributed by atoms with E-state index in [-0.39, 0.29) is 0 Å². The third kappa shape index (κ3) is 15.9. The number of nitrogens with zero attached hydrogens (tertiary/aromatic N) is 1. The molecule has 0 aliphatic carbocycles. The van der Waals surface area contributed by atoms with E-state index in [1.165, 1.54) is 12.3 Å². The minimum atomic E-state index is 1.51. The van der Waals surface area contributed by atoms with Crippen LogP contribution in [0.15, 0.2) is 29.9 Å². The Morgan fingerprint density at radius 2 is 2.10 bits per heavy atom. The van der Waals surface area contributed by atoms with Crippen LogP contribution in [0.5, 0.6) is 0 Å². The second-order valence-corrected chi connectivity index (χ2v) is 1.02. The minimum Gasteiger partial charge on any atom is -0.264 e. The molecule has 0 fully saturated rings. The lowest BCUT2D eigenvalue weighted by Gasteiger charge is -1.66. The van der Waals surface area contributed by atoms with Crippen molar-refractivity contribution in [2.24, 2.45) is 4.99 Å². The third-order valence-electron chi connectivity index (χ3n) is 0.448. The van der Waals surface area contributed by atoms with Crippen molar-refractivity contribution >= 4 is 6.21 Å². The Hall–Kier alpha value is -1.29. The molecule has 0 aromatic rings. The molecule has 0 aliphatic heterocycles. The second kappa shape index (κ2) is 15.6. The van der Waals surface area contributed by atoms with Crippen molar-refractivity contribution in [3.63, 3.8) is 0 Å². The van der Waals surface area contributed by atoms with Gasteiger partial charge in [-0.15, -0.1) is 6.42 Å². The first-order chi connectivity index (χ1) is 4.91. The van der Waals surface area contributed by atoms with Gasteiger partial charge in [0, 0.05) is 18.5 Å². The van der Waals surface area contributed by atoms with E-state index in [2.05, 4.69) is 17.5 Å². The van der Waals surface area contributed by atoms with Gasteiger partial charge in [-0.1, -0.05) is 32.4 Å². The van der Waals surface area contributed by atoms with Gasteiger partial charge in [-0.25, -0.2) is 0 Å². The maximum absolute atomic E-state index is 4.87. The molecule has 0 bridgehead atoms. The summed E-state index contributed by atoms with van der Waals surface area (Å²) in [5.74, 6) is 2.30. The molecule has 0 aromatic heterocycles. The fourth-order valence-electron chi connectivity index (χ4n) is 0.197. The highest BCUT2D eigenvalue weighted by molar-refractivity contribution is 5.70. The van der Waals surface area contributed by atoms with Gasteiger partial charge < -0.3 is 0 Å². The molecule has 1 heteroatoms. The van der Waals surface area contributed by atoms with Crippen LogP contribution in [-0.2, 0) is 0 Å². The first-order valence-corrected chi connectivity index (χ1v) is 3.17. The van der Waals surface area contributed by atoms with E-state index < -0.39 is 0 Å². The van der Waals surface area contributed by atoms with Gasteiger partial charge in [0.1, 0.15) is 0 Å². The summed E-state index contributed by atoms with van der Waals surface area (Å²) in [5, 5.41) is 0. The molecule has 1 nitrogen and oxygen atoms in total. The number of hydrogen-bond acceptors (Lipinski definition) is 1. The average molecular weight is 135 g/mol. The standard InChI is InChI=1S/C7H7N.C2H6/c1-3-5-7-8-6-4-2;1-2/h1,4-7H,2H2;1-2H3/b7-5-,8-6?;. The molecule has 0 atom stereocenters. The van der Waals surface area contributed by atoms with Gasteiger partial charge in [0.05, 0.1) is 0 Å². The van der Waals surface area contributed by atoms with Crippen LogP contribution in [0.25, 0.3) is 0 Å². The predicted octanol–water partition coefficient (Wildman–Crippen LogP) is 2.42. The van der Waals surface area contributed by atoms with Crippen LogP contribution in [-0.4, -0.2) is 6.21 Å². The highest BCUT2D eigenvalue weighted by atomic mass is 14.6. The zero-order valence-corrected chi connectivity index (χ0v) is 6.54. The quantitative estimate of drug-likeness (QED) is 0.407. The van der Waals surface area contributed by atoms with Crippen LogP contribution in [0.1, 0.15) is 13.8 Å². The minimum absolute atomic E-state index is 1.51. The molecular weight excluding hydrogens is 122 g/mol. The van der Waals surface area contributed by atoms with Crippen molar-refractivity contribution in [2.45, 2.75) is 13.8 Å². The summed E-state index contributed by atoms with van der Waals surface area (Å²) in [6.45, 7) is 7.42. The van der Waals surface area contributed by atoms with E-state index >= 15 is 0 Å². The number of hydrogen-bond donors (Lipinski definition) is 0. The smallest absolute Gasteiger partial charge is 0.0351 e. The lowest BCUT2D eigenvalue weighted by Crippen LogP contribution is -1.55.